The monoisotopic (exact) mass is 549 g/mol. The number of unbranched alkanes of at least 4 members (excludes halogenated alkanes) is 1. The number of nitrogens with zero attached hydrogens (tertiary/aromatic N) is 3. The van der Waals surface area contributed by atoms with Crippen molar-refractivity contribution >= 4 is 17.9 Å². The summed E-state index contributed by atoms with van der Waals surface area (Å²) in [7, 11) is 1.67. The Morgan fingerprint density at radius 1 is 0.829 bits per heavy atom. The highest BCUT2D eigenvalue weighted by Crippen LogP contribution is 2.17. The zero-order chi connectivity index (χ0) is 28.9. The molecule has 4 rings (SSSR count). The molecule has 1 heterocycles. The van der Waals surface area contributed by atoms with E-state index in [-0.39, 0.29) is 18.4 Å². The van der Waals surface area contributed by atoms with Crippen LogP contribution in [0.5, 0.6) is 5.75 Å². The third kappa shape index (κ3) is 8.97. The van der Waals surface area contributed by atoms with Gasteiger partial charge in [-0.25, -0.2) is 0 Å². The summed E-state index contributed by atoms with van der Waals surface area (Å²) >= 11 is 0. The number of ether oxygens (including phenoxy) is 1. The number of amides is 2. The highest BCUT2D eigenvalue weighted by Gasteiger charge is 2.21. The molecule has 0 atom stereocenters. The van der Waals surface area contributed by atoms with Gasteiger partial charge in [-0.15, -0.1) is 0 Å². The quantitative estimate of drug-likeness (QED) is 0.171. The number of aromatic nitrogens is 1. The number of methoxy groups -OCH3 is 1. The van der Waals surface area contributed by atoms with Crippen LogP contribution in [-0.2, 0) is 29.2 Å². The van der Waals surface area contributed by atoms with Crippen LogP contribution in [0.1, 0.15) is 42.1 Å². The van der Waals surface area contributed by atoms with Crippen LogP contribution < -0.4 is 4.74 Å². The average molecular weight is 550 g/mol. The molecule has 6 nitrogen and oxygen atoms in total. The number of carbonyl (C=O) groups is 2. The minimum atomic E-state index is -0.156. The summed E-state index contributed by atoms with van der Waals surface area (Å²) in [6.45, 7) is 4.20. The van der Waals surface area contributed by atoms with Crippen molar-refractivity contribution in [1.82, 2.24) is 14.4 Å². The Balaban J connectivity index is 1.53. The second-order valence-electron chi connectivity index (χ2n) is 10.1. The maximum atomic E-state index is 13.9. The second-order valence-corrected chi connectivity index (χ2v) is 10.1. The maximum absolute atomic E-state index is 13.9. The lowest BCUT2D eigenvalue weighted by Gasteiger charge is -2.28. The summed E-state index contributed by atoms with van der Waals surface area (Å²) < 4.78 is 7.55. The Bertz CT molecular complexity index is 1410. The van der Waals surface area contributed by atoms with E-state index in [0.717, 1.165) is 41.0 Å². The van der Waals surface area contributed by atoms with Crippen LogP contribution in [0.3, 0.4) is 0 Å². The molecule has 0 N–H and O–H groups in total. The van der Waals surface area contributed by atoms with Crippen LogP contribution in [0.25, 0.3) is 6.08 Å². The van der Waals surface area contributed by atoms with Crippen LogP contribution in [0.4, 0.5) is 0 Å². The van der Waals surface area contributed by atoms with E-state index in [2.05, 4.69) is 17.6 Å². The van der Waals surface area contributed by atoms with Crippen LogP contribution in [0.15, 0.2) is 109 Å². The van der Waals surface area contributed by atoms with E-state index in [1.807, 2.05) is 102 Å². The first-order valence-electron chi connectivity index (χ1n) is 14.2. The molecule has 2 amide bonds. The van der Waals surface area contributed by atoms with Crippen LogP contribution in [0, 0.1) is 0 Å². The first-order chi connectivity index (χ1) is 20.1. The van der Waals surface area contributed by atoms with E-state index in [4.69, 9.17) is 4.74 Å². The van der Waals surface area contributed by atoms with Gasteiger partial charge in [-0.05, 0) is 53.5 Å². The van der Waals surface area contributed by atoms with E-state index < -0.39 is 0 Å². The highest BCUT2D eigenvalue weighted by atomic mass is 16.5. The molecule has 0 aliphatic carbocycles. The van der Waals surface area contributed by atoms with E-state index in [9.17, 15) is 9.59 Å². The summed E-state index contributed by atoms with van der Waals surface area (Å²) in [5.41, 5.74) is 4.13. The third-order valence-electron chi connectivity index (χ3n) is 6.97. The molecule has 0 aliphatic rings. The van der Waals surface area contributed by atoms with Crippen molar-refractivity contribution in [2.45, 2.75) is 39.4 Å². The molecular weight excluding hydrogens is 510 g/mol. The zero-order valence-corrected chi connectivity index (χ0v) is 24.0. The zero-order valence-electron chi connectivity index (χ0n) is 24.0. The summed E-state index contributed by atoms with van der Waals surface area (Å²) in [5.74, 6) is 0.576. The van der Waals surface area contributed by atoms with Gasteiger partial charge in [0.15, 0.2) is 0 Å². The van der Waals surface area contributed by atoms with Gasteiger partial charge >= 0.3 is 0 Å². The third-order valence-corrected chi connectivity index (χ3v) is 6.97. The van der Waals surface area contributed by atoms with Gasteiger partial charge in [-0.2, -0.15) is 0 Å². The van der Waals surface area contributed by atoms with Gasteiger partial charge in [0.05, 0.1) is 13.7 Å². The van der Waals surface area contributed by atoms with Gasteiger partial charge in [0.2, 0.25) is 11.8 Å². The lowest BCUT2D eigenvalue weighted by atomic mass is 10.2. The predicted molar refractivity (Wildman–Crippen MR) is 164 cm³/mol. The summed E-state index contributed by atoms with van der Waals surface area (Å²) in [5, 5.41) is 0. The van der Waals surface area contributed by atoms with E-state index >= 15 is 0 Å². The fraction of sp³-hybridized carbons (Fsp3) is 0.257. The number of rotatable bonds is 14. The Labute approximate surface area is 243 Å². The molecule has 3 aromatic carbocycles. The molecule has 4 aromatic rings. The van der Waals surface area contributed by atoms with E-state index in [1.54, 1.807) is 24.2 Å². The van der Waals surface area contributed by atoms with Gasteiger partial charge in [0.25, 0.3) is 0 Å². The Morgan fingerprint density at radius 2 is 1.56 bits per heavy atom. The van der Waals surface area contributed by atoms with Crippen LogP contribution >= 0.6 is 0 Å². The Hall–Kier alpha value is -4.58. The van der Waals surface area contributed by atoms with Crippen molar-refractivity contribution in [3.05, 3.63) is 132 Å². The van der Waals surface area contributed by atoms with Crippen molar-refractivity contribution in [3.8, 4) is 5.75 Å². The van der Waals surface area contributed by atoms with Crippen molar-refractivity contribution in [2.24, 2.45) is 0 Å². The average Bonchev–Trinajstić information content (AvgIpc) is 3.44. The number of carbonyl (C=O) groups excluding carboxylic acids is 2. The van der Waals surface area contributed by atoms with Crippen molar-refractivity contribution in [1.29, 1.82) is 0 Å². The smallest absolute Gasteiger partial charge is 0.247 e. The molecule has 6 heteroatoms. The molecule has 1 aromatic heterocycles. The summed E-state index contributed by atoms with van der Waals surface area (Å²) in [4.78, 5) is 30.6. The largest absolute Gasteiger partial charge is 0.497 e. The number of hydrogen-bond acceptors (Lipinski definition) is 3. The SMILES string of the molecule is CCCCN(CC(=O)N(Cc1ccccc1)Cc1cccn1Cc1cccc(OC)c1)C(=O)C=Cc1ccccc1. The maximum Gasteiger partial charge on any atom is 0.247 e. The normalized spacial score (nSPS) is 11.0. The van der Waals surface area contributed by atoms with Crippen molar-refractivity contribution < 1.29 is 14.3 Å². The van der Waals surface area contributed by atoms with Crippen molar-refractivity contribution in [2.75, 3.05) is 20.2 Å². The van der Waals surface area contributed by atoms with Gasteiger partial charge in [-0.3, -0.25) is 9.59 Å². The lowest BCUT2D eigenvalue weighted by molar-refractivity contribution is -0.139. The molecule has 0 fully saturated rings. The molecule has 0 saturated carbocycles. The Morgan fingerprint density at radius 3 is 2.29 bits per heavy atom. The van der Waals surface area contributed by atoms with E-state index in [0.29, 0.717) is 26.2 Å². The molecule has 0 aliphatic heterocycles. The lowest BCUT2D eigenvalue weighted by Crippen LogP contribution is -2.42. The number of hydrogen-bond donors (Lipinski definition) is 0. The molecule has 0 unspecified atom stereocenters. The van der Waals surface area contributed by atoms with Gasteiger partial charge in [0, 0.05) is 37.6 Å². The van der Waals surface area contributed by atoms with Gasteiger partial charge in [0.1, 0.15) is 12.3 Å². The molecule has 0 spiro atoms. The number of benzene rings is 3. The van der Waals surface area contributed by atoms with Gasteiger partial charge in [-0.1, -0.05) is 86.1 Å². The fourth-order valence-electron chi connectivity index (χ4n) is 4.66. The summed E-state index contributed by atoms with van der Waals surface area (Å²) in [6, 6.07) is 31.8. The standard InChI is InChI=1S/C35H39N3O3/c1-3-4-22-37(34(39)21-20-29-13-7-5-8-14-29)28-35(40)38(25-30-15-9-6-10-16-30)27-32-18-12-23-36(32)26-31-17-11-19-33(24-31)41-2/h5-21,23-24H,3-4,22,25-28H2,1-2H3. The Kier molecular flexibility index (Phi) is 11.0. The first-order valence-corrected chi connectivity index (χ1v) is 14.2. The fourth-order valence-corrected chi connectivity index (χ4v) is 4.66. The summed E-state index contributed by atoms with van der Waals surface area (Å²) in [6.07, 6.45) is 7.18. The second kappa shape index (κ2) is 15.3. The minimum absolute atomic E-state index is 0.0292. The molecule has 0 bridgehead atoms. The molecule has 0 saturated heterocycles. The molecule has 0 radical (unpaired) electrons. The molecule has 212 valence electrons. The van der Waals surface area contributed by atoms with Crippen LogP contribution in [-0.4, -0.2) is 46.4 Å². The van der Waals surface area contributed by atoms with E-state index in [1.165, 1.54) is 0 Å². The minimum Gasteiger partial charge on any atom is -0.497 e. The highest BCUT2D eigenvalue weighted by molar-refractivity contribution is 5.94. The van der Waals surface area contributed by atoms with Crippen LogP contribution in [0.2, 0.25) is 0 Å². The molecular formula is C35H39N3O3. The first kappa shape index (κ1) is 29.4. The topological polar surface area (TPSA) is 54.8 Å². The predicted octanol–water partition coefficient (Wildman–Crippen LogP) is 6.42. The van der Waals surface area contributed by atoms with Crippen molar-refractivity contribution in [3.63, 3.8) is 0 Å². The van der Waals surface area contributed by atoms with Gasteiger partial charge < -0.3 is 19.1 Å². The molecule has 41 heavy (non-hydrogen) atoms.